The fourth-order valence-corrected chi connectivity index (χ4v) is 3.87. The summed E-state index contributed by atoms with van der Waals surface area (Å²) >= 11 is 0. The Morgan fingerprint density at radius 2 is 1.88 bits per heavy atom. The van der Waals surface area contributed by atoms with E-state index < -0.39 is 0 Å². The van der Waals surface area contributed by atoms with Crippen LogP contribution >= 0.6 is 0 Å². The second-order valence-corrected chi connectivity index (χ2v) is 7.42. The third kappa shape index (κ3) is 4.30. The van der Waals surface area contributed by atoms with Crippen molar-refractivity contribution in [3.05, 3.63) is 45.2 Å². The monoisotopic (exact) mass is 340 g/mol. The van der Waals surface area contributed by atoms with Gasteiger partial charge >= 0.3 is 0 Å². The molecule has 0 unspecified atom stereocenters. The Bertz CT molecular complexity index is 816. The first-order chi connectivity index (χ1) is 12.0. The van der Waals surface area contributed by atoms with E-state index in [1.165, 1.54) is 32.1 Å². The van der Waals surface area contributed by atoms with Crippen molar-refractivity contribution < 1.29 is 4.79 Å². The fraction of sp³-hybridized carbons (Fsp3) is 0.524. The van der Waals surface area contributed by atoms with Gasteiger partial charge in [0.05, 0.1) is 5.52 Å². The number of aryl methyl sites for hydroxylation is 2. The molecule has 0 bridgehead atoms. The molecule has 1 amide bonds. The average molecular weight is 340 g/mol. The highest BCUT2D eigenvalue weighted by Gasteiger charge is 2.16. The number of carbonyl (C=O) groups excluding carboxylic acids is 1. The molecule has 1 aromatic carbocycles. The molecule has 1 aromatic heterocycles. The Labute approximate surface area is 149 Å². The third-order valence-corrected chi connectivity index (χ3v) is 5.44. The van der Waals surface area contributed by atoms with E-state index in [1.807, 2.05) is 19.1 Å². The number of fused-ring (bicyclic) bond motifs is 1. The van der Waals surface area contributed by atoms with Crippen LogP contribution in [0.3, 0.4) is 0 Å². The van der Waals surface area contributed by atoms with Crippen LogP contribution in [-0.4, -0.2) is 17.4 Å². The van der Waals surface area contributed by atoms with E-state index in [1.54, 1.807) is 0 Å². The zero-order chi connectivity index (χ0) is 17.8. The van der Waals surface area contributed by atoms with Crippen LogP contribution in [0.25, 0.3) is 10.9 Å². The molecule has 1 fully saturated rings. The minimum absolute atomic E-state index is 0.0530. The summed E-state index contributed by atoms with van der Waals surface area (Å²) in [5.41, 5.74) is 3.82. The number of hydrogen-bond donors (Lipinski definition) is 2. The summed E-state index contributed by atoms with van der Waals surface area (Å²) in [6.45, 7) is 4.57. The minimum atomic E-state index is -0.0530. The topological polar surface area (TPSA) is 62.0 Å². The molecule has 2 N–H and O–H groups in total. The number of aromatic amines is 1. The Morgan fingerprint density at radius 1 is 1.16 bits per heavy atom. The lowest BCUT2D eigenvalue weighted by Gasteiger charge is -2.20. The van der Waals surface area contributed by atoms with Gasteiger partial charge in [0.1, 0.15) is 0 Å². The van der Waals surface area contributed by atoms with Crippen molar-refractivity contribution in [2.75, 3.05) is 6.54 Å². The highest BCUT2D eigenvalue weighted by molar-refractivity contribution is 5.85. The Kier molecular flexibility index (Phi) is 5.57. The molecule has 4 heteroatoms. The summed E-state index contributed by atoms with van der Waals surface area (Å²) in [5.74, 6) is 0.666. The van der Waals surface area contributed by atoms with Crippen LogP contribution in [0.1, 0.15) is 55.2 Å². The van der Waals surface area contributed by atoms with Gasteiger partial charge in [-0.3, -0.25) is 9.59 Å². The first kappa shape index (κ1) is 17.7. The molecule has 1 heterocycles. The maximum Gasteiger partial charge on any atom is 0.251 e. The highest BCUT2D eigenvalue weighted by atomic mass is 16.1. The van der Waals surface area contributed by atoms with E-state index in [2.05, 4.69) is 23.3 Å². The second kappa shape index (κ2) is 7.85. The fourth-order valence-electron chi connectivity index (χ4n) is 3.87. The van der Waals surface area contributed by atoms with Gasteiger partial charge in [-0.05, 0) is 56.2 Å². The van der Waals surface area contributed by atoms with Gasteiger partial charge in [0.25, 0.3) is 5.56 Å². The smallest absolute Gasteiger partial charge is 0.251 e. The van der Waals surface area contributed by atoms with E-state index in [0.717, 1.165) is 27.6 Å². The summed E-state index contributed by atoms with van der Waals surface area (Å²) in [6.07, 6.45) is 7.36. The first-order valence-corrected chi connectivity index (χ1v) is 9.43. The number of rotatable bonds is 5. The molecule has 134 valence electrons. The number of carbonyl (C=O) groups is 1. The normalized spacial score (nSPS) is 15.4. The molecular formula is C21H28N2O2. The summed E-state index contributed by atoms with van der Waals surface area (Å²) < 4.78 is 0. The molecule has 2 aromatic rings. The predicted molar refractivity (Wildman–Crippen MR) is 102 cm³/mol. The van der Waals surface area contributed by atoms with E-state index >= 15 is 0 Å². The zero-order valence-corrected chi connectivity index (χ0v) is 15.3. The standard InChI is InChI=1S/C21H28N2O2/c1-14-8-9-15(2)20-18(14)13-17(21(25)23-20)10-11-22-19(24)12-16-6-4-3-5-7-16/h8-9,13,16H,3-7,10-12H2,1-2H3,(H,22,24)(H,23,25). The molecule has 1 aliphatic rings. The molecule has 4 nitrogen and oxygen atoms in total. The number of pyridine rings is 1. The summed E-state index contributed by atoms with van der Waals surface area (Å²) in [4.78, 5) is 27.4. The SMILES string of the molecule is Cc1ccc(C)c2[nH]c(=O)c(CCNC(=O)CC3CCCCC3)cc12. The van der Waals surface area contributed by atoms with Crippen LogP contribution in [0.4, 0.5) is 0 Å². The largest absolute Gasteiger partial charge is 0.356 e. The maximum absolute atomic E-state index is 12.3. The number of amides is 1. The van der Waals surface area contributed by atoms with E-state index in [-0.39, 0.29) is 11.5 Å². The molecule has 3 rings (SSSR count). The van der Waals surface area contributed by atoms with Crippen molar-refractivity contribution in [1.82, 2.24) is 10.3 Å². The lowest BCUT2D eigenvalue weighted by atomic mass is 9.87. The van der Waals surface area contributed by atoms with Crippen LogP contribution in [0.15, 0.2) is 23.0 Å². The van der Waals surface area contributed by atoms with Crippen molar-refractivity contribution in [1.29, 1.82) is 0 Å². The molecule has 0 aliphatic heterocycles. The van der Waals surface area contributed by atoms with Crippen molar-refractivity contribution in [2.45, 2.75) is 58.8 Å². The predicted octanol–water partition coefficient (Wildman–Crippen LogP) is 3.77. The van der Waals surface area contributed by atoms with E-state index in [0.29, 0.717) is 25.3 Å². The summed E-state index contributed by atoms with van der Waals surface area (Å²) in [5, 5.41) is 4.07. The minimum Gasteiger partial charge on any atom is -0.356 e. The number of hydrogen-bond acceptors (Lipinski definition) is 2. The second-order valence-electron chi connectivity index (χ2n) is 7.42. The molecule has 1 aliphatic carbocycles. The van der Waals surface area contributed by atoms with Gasteiger partial charge in [0.2, 0.25) is 5.91 Å². The number of benzene rings is 1. The molecular weight excluding hydrogens is 312 g/mol. The van der Waals surface area contributed by atoms with Crippen LogP contribution in [0.5, 0.6) is 0 Å². The highest BCUT2D eigenvalue weighted by Crippen LogP contribution is 2.26. The number of aromatic nitrogens is 1. The Hall–Kier alpha value is -2.10. The van der Waals surface area contributed by atoms with Crippen LogP contribution in [-0.2, 0) is 11.2 Å². The van der Waals surface area contributed by atoms with Gasteiger partial charge < -0.3 is 10.3 Å². The zero-order valence-electron chi connectivity index (χ0n) is 15.3. The third-order valence-electron chi connectivity index (χ3n) is 5.44. The quantitative estimate of drug-likeness (QED) is 0.870. The molecule has 0 spiro atoms. The van der Waals surface area contributed by atoms with Gasteiger partial charge in [-0.25, -0.2) is 0 Å². The molecule has 0 radical (unpaired) electrons. The van der Waals surface area contributed by atoms with Crippen molar-refractivity contribution in [3.8, 4) is 0 Å². The molecule has 1 saturated carbocycles. The van der Waals surface area contributed by atoms with Gasteiger partial charge in [0.15, 0.2) is 0 Å². The van der Waals surface area contributed by atoms with Crippen molar-refractivity contribution >= 4 is 16.8 Å². The number of nitrogens with one attached hydrogen (secondary N) is 2. The van der Waals surface area contributed by atoms with E-state index in [4.69, 9.17) is 0 Å². The van der Waals surface area contributed by atoms with Crippen LogP contribution in [0.2, 0.25) is 0 Å². The Morgan fingerprint density at radius 3 is 2.64 bits per heavy atom. The van der Waals surface area contributed by atoms with E-state index in [9.17, 15) is 9.59 Å². The van der Waals surface area contributed by atoms with Crippen LogP contribution < -0.4 is 10.9 Å². The molecule has 0 saturated heterocycles. The van der Waals surface area contributed by atoms with Gasteiger partial charge in [0, 0.05) is 23.9 Å². The molecule has 0 atom stereocenters. The molecule has 25 heavy (non-hydrogen) atoms. The van der Waals surface area contributed by atoms with Crippen molar-refractivity contribution in [3.63, 3.8) is 0 Å². The lowest BCUT2D eigenvalue weighted by molar-refractivity contribution is -0.122. The van der Waals surface area contributed by atoms with Crippen LogP contribution in [0, 0.1) is 19.8 Å². The Balaban J connectivity index is 1.61. The van der Waals surface area contributed by atoms with Gasteiger partial charge in [-0.1, -0.05) is 31.4 Å². The maximum atomic E-state index is 12.3. The van der Waals surface area contributed by atoms with Gasteiger partial charge in [-0.2, -0.15) is 0 Å². The average Bonchev–Trinajstić information content (AvgIpc) is 2.60. The number of H-pyrrole nitrogens is 1. The summed E-state index contributed by atoms with van der Waals surface area (Å²) in [7, 11) is 0. The summed E-state index contributed by atoms with van der Waals surface area (Å²) in [6, 6.07) is 6.08. The van der Waals surface area contributed by atoms with Crippen molar-refractivity contribution in [2.24, 2.45) is 5.92 Å². The lowest BCUT2D eigenvalue weighted by Crippen LogP contribution is -2.29. The first-order valence-electron chi connectivity index (χ1n) is 9.43. The van der Waals surface area contributed by atoms with Gasteiger partial charge in [-0.15, -0.1) is 0 Å².